The highest BCUT2D eigenvalue weighted by Crippen LogP contribution is 2.46. The lowest BCUT2D eigenvalue weighted by Crippen LogP contribution is -2.18. The van der Waals surface area contributed by atoms with Gasteiger partial charge in [-0.3, -0.25) is 9.59 Å². The van der Waals surface area contributed by atoms with Gasteiger partial charge in [0.05, 0.1) is 32.8 Å². The first-order chi connectivity index (χ1) is 14.9. The van der Waals surface area contributed by atoms with Crippen LogP contribution in [0.25, 0.3) is 6.08 Å². The number of aryl methyl sites for hydroxylation is 1. The number of amides is 1. The van der Waals surface area contributed by atoms with E-state index in [1.165, 1.54) is 38.7 Å². The van der Waals surface area contributed by atoms with Crippen molar-refractivity contribution in [2.75, 3.05) is 26.6 Å². The van der Waals surface area contributed by atoms with Crippen molar-refractivity contribution in [2.24, 2.45) is 0 Å². The molecule has 1 heterocycles. The molecule has 1 aliphatic rings. The molecule has 0 bridgehead atoms. The third-order valence-corrected chi connectivity index (χ3v) is 6.12. The van der Waals surface area contributed by atoms with Crippen LogP contribution >= 0.6 is 11.3 Å². The molecule has 0 saturated carbocycles. The van der Waals surface area contributed by atoms with Crippen LogP contribution in [0.4, 0.5) is 5.00 Å². The largest absolute Gasteiger partial charge is 0.496 e. The van der Waals surface area contributed by atoms with E-state index in [-0.39, 0.29) is 16.1 Å². The van der Waals surface area contributed by atoms with E-state index < -0.39 is 23.8 Å². The third-order valence-electron chi connectivity index (χ3n) is 4.94. The number of nitriles is 1. The Morgan fingerprint density at radius 3 is 2.58 bits per heavy atom. The Bertz CT molecular complexity index is 1110. The van der Waals surface area contributed by atoms with Gasteiger partial charge in [0.25, 0.3) is 5.91 Å². The summed E-state index contributed by atoms with van der Waals surface area (Å²) in [6, 6.07) is 8.83. The van der Waals surface area contributed by atoms with Crippen LogP contribution in [-0.4, -0.2) is 39.2 Å². The lowest BCUT2D eigenvalue weighted by Gasteiger charge is -2.11. The number of hydrogen-bond donors (Lipinski definition) is 1. The molecule has 2 aromatic rings. The number of hydrogen-bond acceptors (Lipinski definition) is 8. The van der Waals surface area contributed by atoms with Crippen molar-refractivity contribution in [2.45, 2.75) is 18.8 Å². The molecular formula is C22H20N2O6S. The second-order valence-electron chi connectivity index (χ2n) is 6.61. The van der Waals surface area contributed by atoms with E-state index >= 15 is 0 Å². The van der Waals surface area contributed by atoms with E-state index in [1.54, 1.807) is 24.3 Å². The summed E-state index contributed by atoms with van der Waals surface area (Å²) in [5.41, 5.74) is 1.03. The van der Waals surface area contributed by atoms with Gasteiger partial charge in [-0.15, -0.1) is 11.3 Å². The van der Waals surface area contributed by atoms with E-state index in [0.29, 0.717) is 29.7 Å². The molecule has 0 saturated heterocycles. The van der Waals surface area contributed by atoms with E-state index in [9.17, 15) is 19.6 Å². The van der Waals surface area contributed by atoms with Crippen LogP contribution in [0.2, 0.25) is 0 Å². The molecule has 1 unspecified atom stereocenters. The van der Waals surface area contributed by atoms with Crippen LogP contribution in [-0.2, 0) is 25.5 Å². The first-order valence-corrected chi connectivity index (χ1v) is 10.1. The molecule has 1 aromatic heterocycles. The predicted molar refractivity (Wildman–Crippen MR) is 114 cm³/mol. The smallest absolute Gasteiger partial charge is 0.341 e. The minimum atomic E-state index is -0.687. The minimum Gasteiger partial charge on any atom is -0.496 e. The van der Waals surface area contributed by atoms with E-state index in [1.807, 2.05) is 6.07 Å². The summed E-state index contributed by atoms with van der Waals surface area (Å²) in [4.78, 5) is 38.3. The Balaban J connectivity index is 1.98. The quantitative estimate of drug-likeness (QED) is 0.416. The van der Waals surface area contributed by atoms with E-state index in [4.69, 9.17) is 14.2 Å². The Morgan fingerprint density at radius 1 is 1.19 bits per heavy atom. The predicted octanol–water partition coefficient (Wildman–Crippen LogP) is 3.29. The number of esters is 2. The fraction of sp³-hybridized carbons (Fsp3) is 0.273. The molecule has 0 radical (unpaired) electrons. The van der Waals surface area contributed by atoms with Gasteiger partial charge >= 0.3 is 11.9 Å². The number of rotatable bonds is 6. The average Bonchev–Trinajstić information content (AvgIpc) is 3.35. The molecule has 0 spiro atoms. The molecule has 1 N–H and O–H groups in total. The molecule has 0 aliphatic heterocycles. The standard InChI is InChI=1S/C22H20N2O6S/c1-28-15-7-5-4-6-12(15)10-13(11-23)19(25)24-20-18(22(27)30-3)17-14(21(26)29-2)8-9-16(17)31-20/h4-7,10,14H,8-9H2,1-3H3,(H,24,25)/b13-10+. The first-order valence-electron chi connectivity index (χ1n) is 9.33. The van der Waals surface area contributed by atoms with E-state index in [0.717, 1.165) is 4.88 Å². The second kappa shape index (κ2) is 9.45. The number of nitrogens with one attached hydrogen (secondary N) is 1. The van der Waals surface area contributed by atoms with Gasteiger partial charge in [-0.05, 0) is 30.5 Å². The zero-order valence-electron chi connectivity index (χ0n) is 17.2. The number of carbonyl (C=O) groups excluding carboxylic acids is 3. The van der Waals surface area contributed by atoms with Crippen LogP contribution < -0.4 is 10.1 Å². The number of anilines is 1. The van der Waals surface area contributed by atoms with Crippen molar-refractivity contribution in [1.82, 2.24) is 0 Å². The molecular weight excluding hydrogens is 420 g/mol. The first kappa shape index (κ1) is 22.1. The second-order valence-corrected chi connectivity index (χ2v) is 7.72. The van der Waals surface area contributed by atoms with Gasteiger partial charge in [-0.2, -0.15) is 5.26 Å². The van der Waals surface area contributed by atoms with Gasteiger partial charge in [-0.1, -0.05) is 18.2 Å². The van der Waals surface area contributed by atoms with Gasteiger partial charge in [0.1, 0.15) is 22.4 Å². The summed E-state index contributed by atoms with van der Waals surface area (Å²) in [5.74, 6) is -1.90. The van der Waals surface area contributed by atoms with Crippen molar-refractivity contribution in [3.05, 3.63) is 51.4 Å². The van der Waals surface area contributed by atoms with Crippen molar-refractivity contribution in [3.8, 4) is 11.8 Å². The van der Waals surface area contributed by atoms with Crippen LogP contribution in [0, 0.1) is 11.3 Å². The molecule has 1 aromatic carbocycles. The number of fused-ring (bicyclic) bond motifs is 1. The molecule has 3 rings (SSSR count). The monoisotopic (exact) mass is 440 g/mol. The molecule has 9 heteroatoms. The van der Waals surface area contributed by atoms with Crippen molar-refractivity contribution < 1.29 is 28.6 Å². The normalized spacial score (nSPS) is 14.9. The van der Waals surface area contributed by atoms with Crippen LogP contribution in [0.1, 0.15) is 38.7 Å². The summed E-state index contributed by atoms with van der Waals surface area (Å²) in [6.45, 7) is 0. The number of carbonyl (C=O) groups is 3. The van der Waals surface area contributed by atoms with Crippen LogP contribution in [0.5, 0.6) is 5.75 Å². The highest BCUT2D eigenvalue weighted by Gasteiger charge is 2.38. The molecule has 160 valence electrons. The zero-order valence-corrected chi connectivity index (χ0v) is 18.0. The minimum absolute atomic E-state index is 0.123. The number of methoxy groups -OCH3 is 3. The van der Waals surface area contributed by atoms with Gasteiger partial charge in [0.2, 0.25) is 0 Å². The maximum atomic E-state index is 12.8. The Kier molecular flexibility index (Phi) is 6.72. The SMILES string of the molecule is COC(=O)c1c(NC(=O)/C(C#N)=C/c2ccccc2OC)sc2c1C(C(=O)OC)CC2. The Hall–Kier alpha value is -3.64. The maximum Gasteiger partial charge on any atom is 0.341 e. The number of benzene rings is 1. The number of ether oxygens (including phenoxy) is 3. The Morgan fingerprint density at radius 2 is 1.94 bits per heavy atom. The van der Waals surface area contributed by atoms with Crippen molar-refractivity contribution in [3.63, 3.8) is 0 Å². The molecule has 31 heavy (non-hydrogen) atoms. The molecule has 1 amide bonds. The topological polar surface area (TPSA) is 115 Å². The summed E-state index contributed by atoms with van der Waals surface area (Å²) in [7, 11) is 4.00. The summed E-state index contributed by atoms with van der Waals surface area (Å²) >= 11 is 1.19. The lowest BCUT2D eigenvalue weighted by molar-refractivity contribution is -0.142. The van der Waals surface area contributed by atoms with Gasteiger partial charge in [0, 0.05) is 10.4 Å². The highest BCUT2D eigenvalue weighted by atomic mass is 32.1. The summed E-state index contributed by atoms with van der Waals surface area (Å²) in [5, 5.41) is 12.4. The van der Waals surface area contributed by atoms with E-state index in [2.05, 4.69) is 5.32 Å². The molecule has 1 atom stereocenters. The van der Waals surface area contributed by atoms with Gasteiger partial charge < -0.3 is 19.5 Å². The number of thiophene rings is 1. The van der Waals surface area contributed by atoms with Gasteiger partial charge in [0.15, 0.2) is 0 Å². The average molecular weight is 440 g/mol. The zero-order chi connectivity index (χ0) is 22.5. The fourth-order valence-electron chi connectivity index (χ4n) is 3.50. The summed E-state index contributed by atoms with van der Waals surface area (Å²) < 4.78 is 15.0. The molecule has 1 aliphatic carbocycles. The molecule has 8 nitrogen and oxygen atoms in total. The fourth-order valence-corrected chi connectivity index (χ4v) is 4.76. The van der Waals surface area contributed by atoms with Gasteiger partial charge in [-0.25, -0.2) is 4.79 Å². The van der Waals surface area contributed by atoms with Crippen molar-refractivity contribution >= 4 is 40.3 Å². The van der Waals surface area contributed by atoms with Crippen molar-refractivity contribution in [1.29, 1.82) is 5.26 Å². The Labute approximate surface area is 183 Å². The van der Waals surface area contributed by atoms with Crippen LogP contribution in [0.15, 0.2) is 29.8 Å². The summed E-state index contributed by atoms with van der Waals surface area (Å²) in [6.07, 6.45) is 2.50. The number of nitrogens with zero attached hydrogens (tertiary/aromatic N) is 1. The lowest BCUT2D eigenvalue weighted by atomic mass is 9.99. The third kappa shape index (κ3) is 4.29. The van der Waals surface area contributed by atoms with Crippen LogP contribution in [0.3, 0.4) is 0 Å². The number of para-hydroxylation sites is 1. The maximum absolute atomic E-state index is 12.8. The molecule has 0 fully saturated rings. The highest BCUT2D eigenvalue weighted by molar-refractivity contribution is 7.17.